The van der Waals surface area contributed by atoms with E-state index in [1.54, 1.807) is 12.3 Å². The zero-order valence-corrected chi connectivity index (χ0v) is 20.4. The van der Waals surface area contributed by atoms with Crippen LogP contribution in [0.2, 0.25) is 0 Å². The van der Waals surface area contributed by atoms with Gasteiger partial charge in [0, 0.05) is 28.0 Å². The van der Waals surface area contributed by atoms with Crippen molar-refractivity contribution in [3.05, 3.63) is 94.8 Å². The number of para-hydroxylation sites is 1. The van der Waals surface area contributed by atoms with Crippen molar-refractivity contribution >= 4 is 21.1 Å². The van der Waals surface area contributed by atoms with Gasteiger partial charge in [0.15, 0.2) is 9.84 Å². The smallest absolute Gasteiger partial charge is 0.171 e. The van der Waals surface area contributed by atoms with Crippen molar-refractivity contribution in [2.45, 2.75) is 39.7 Å². The highest BCUT2D eigenvalue weighted by Crippen LogP contribution is 2.48. The molecule has 1 heterocycles. The molecule has 0 unspecified atom stereocenters. The number of rotatable bonds is 5. The fourth-order valence-electron chi connectivity index (χ4n) is 3.92. The predicted octanol–water partition coefficient (Wildman–Crippen LogP) is 5.87. The molecule has 2 aliphatic rings. The molecule has 2 aromatic carbocycles. The van der Waals surface area contributed by atoms with Crippen LogP contribution in [0.15, 0.2) is 83.7 Å². The van der Waals surface area contributed by atoms with Crippen molar-refractivity contribution in [3.63, 3.8) is 0 Å². The van der Waals surface area contributed by atoms with Crippen LogP contribution in [0.25, 0.3) is 5.57 Å². The van der Waals surface area contributed by atoms with Crippen molar-refractivity contribution in [1.29, 1.82) is 0 Å². The van der Waals surface area contributed by atoms with Crippen molar-refractivity contribution in [3.8, 4) is 0 Å². The average molecular weight is 468 g/mol. The minimum absolute atomic E-state index is 0.357. The Morgan fingerprint density at radius 1 is 1.06 bits per heavy atom. The van der Waals surface area contributed by atoms with Crippen LogP contribution in [0.3, 0.4) is 0 Å². The Morgan fingerprint density at radius 2 is 1.76 bits per heavy atom. The van der Waals surface area contributed by atoms with E-state index in [1.807, 2.05) is 74.5 Å². The van der Waals surface area contributed by atoms with Crippen LogP contribution in [0.5, 0.6) is 0 Å². The number of hydrogen-bond acceptors (Lipinski definition) is 5. The second-order valence-electron chi connectivity index (χ2n) is 8.93. The van der Waals surface area contributed by atoms with E-state index in [2.05, 4.69) is 0 Å². The topological polar surface area (TPSA) is 78.6 Å². The van der Waals surface area contributed by atoms with Crippen LogP contribution in [0.1, 0.15) is 44.2 Å². The standard InChI is InChI=1S/C22H25NO3S.C5H8O/c1-22(2)14-17(27(3,24)25)13-20(26-15-16-9-5-4-6-10-16)21(22)18-11-7-8-12-19(18)23;1-2-4-6-5-3-1/h4-13H,14-15,23H2,1-3H3;2,4H,1,3,5H2. The van der Waals surface area contributed by atoms with E-state index in [9.17, 15) is 8.42 Å². The molecule has 0 bridgehead atoms. The monoisotopic (exact) mass is 467 g/mol. The van der Waals surface area contributed by atoms with E-state index in [1.165, 1.54) is 19.1 Å². The average Bonchev–Trinajstić information content (AvgIpc) is 2.79. The van der Waals surface area contributed by atoms with E-state index in [0.717, 1.165) is 23.3 Å². The molecule has 6 heteroatoms. The third-order valence-corrected chi connectivity index (χ3v) is 6.82. The Labute approximate surface area is 197 Å². The number of sulfone groups is 1. The molecule has 176 valence electrons. The molecular formula is C27H33NO4S. The molecule has 2 N–H and O–H groups in total. The molecule has 0 spiro atoms. The zero-order valence-electron chi connectivity index (χ0n) is 19.6. The van der Waals surface area contributed by atoms with Gasteiger partial charge >= 0.3 is 0 Å². The minimum Gasteiger partial charge on any atom is -0.502 e. The Hall–Kier alpha value is -2.99. The summed E-state index contributed by atoms with van der Waals surface area (Å²) in [5.74, 6) is 0.563. The van der Waals surface area contributed by atoms with Gasteiger partial charge in [-0.3, -0.25) is 0 Å². The molecule has 5 nitrogen and oxygen atoms in total. The van der Waals surface area contributed by atoms with Crippen LogP contribution in [-0.4, -0.2) is 21.3 Å². The summed E-state index contributed by atoms with van der Waals surface area (Å²) in [6, 6.07) is 17.4. The molecule has 0 amide bonds. The van der Waals surface area contributed by atoms with Crippen molar-refractivity contribution in [2.24, 2.45) is 5.41 Å². The number of anilines is 1. The highest BCUT2D eigenvalue weighted by atomic mass is 32.2. The van der Waals surface area contributed by atoms with Gasteiger partial charge in [-0.15, -0.1) is 0 Å². The molecule has 2 aromatic rings. The predicted molar refractivity (Wildman–Crippen MR) is 135 cm³/mol. The SMILES string of the molecule is C1=COCCC1.CC1(C)CC(S(C)(=O)=O)=CC(OCc2ccccc2)=C1c1ccccc1N. The molecule has 0 saturated heterocycles. The van der Waals surface area contributed by atoms with E-state index < -0.39 is 15.3 Å². The third kappa shape index (κ3) is 6.75. The summed E-state index contributed by atoms with van der Waals surface area (Å²) in [5.41, 5.74) is 9.28. The molecule has 0 aromatic heterocycles. The molecule has 33 heavy (non-hydrogen) atoms. The number of allylic oxidation sites excluding steroid dienone is 4. The van der Waals surface area contributed by atoms with Crippen LogP contribution >= 0.6 is 0 Å². The summed E-state index contributed by atoms with van der Waals surface area (Å²) < 4.78 is 35.5. The fourth-order valence-corrected chi connectivity index (χ4v) is 4.87. The second-order valence-corrected chi connectivity index (χ2v) is 11.0. The lowest BCUT2D eigenvalue weighted by atomic mass is 9.74. The highest BCUT2D eigenvalue weighted by Gasteiger charge is 2.36. The van der Waals surface area contributed by atoms with Crippen molar-refractivity contribution in [2.75, 3.05) is 18.6 Å². The third-order valence-electron chi connectivity index (χ3n) is 5.60. The van der Waals surface area contributed by atoms with Gasteiger partial charge in [-0.25, -0.2) is 8.42 Å². The van der Waals surface area contributed by atoms with Crippen LogP contribution in [0.4, 0.5) is 5.69 Å². The normalized spacial score (nSPS) is 17.4. The molecule has 1 aliphatic carbocycles. The first-order chi connectivity index (χ1) is 15.7. The molecule has 0 fully saturated rings. The summed E-state index contributed by atoms with van der Waals surface area (Å²) in [5, 5.41) is 0. The van der Waals surface area contributed by atoms with Gasteiger partial charge in [-0.05, 0) is 48.5 Å². The molecular weight excluding hydrogens is 434 g/mol. The van der Waals surface area contributed by atoms with Crippen LogP contribution in [-0.2, 0) is 25.9 Å². The molecule has 4 rings (SSSR count). The number of hydrogen-bond donors (Lipinski definition) is 1. The number of nitrogens with two attached hydrogens (primary N) is 1. The Kier molecular flexibility index (Phi) is 8.03. The molecule has 0 atom stereocenters. The fraction of sp³-hybridized carbons (Fsp3) is 0.333. The van der Waals surface area contributed by atoms with Gasteiger partial charge in [0.05, 0.1) is 12.9 Å². The van der Waals surface area contributed by atoms with Crippen molar-refractivity contribution < 1.29 is 17.9 Å². The maximum absolute atomic E-state index is 12.2. The summed E-state index contributed by atoms with van der Waals surface area (Å²) in [6.45, 7) is 5.32. The van der Waals surface area contributed by atoms with E-state index in [4.69, 9.17) is 15.2 Å². The molecule has 0 saturated carbocycles. The second kappa shape index (κ2) is 10.8. The number of nitrogen functional groups attached to an aromatic ring is 1. The lowest BCUT2D eigenvalue weighted by Crippen LogP contribution is -2.24. The maximum Gasteiger partial charge on any atom is 0.171 e. The maximum atomic E-state index is 12.2. The van der Waals surface area contributed by atoms with E-state index >= 15 is 0 Å². The number of ether oxygens (including phenoxy) is 2. The van der Waals surface area contributed by atoms with Gasteiger partial charge in [0.1, 0.15) is 12.4 Å². The molecule has 1 aliphatic heterocycles. The quantitative estimate of drug-likeness (QED) is 0.557. The first-order valence-electron chi connectivity index (χ1n) is 11.1. The zero-order chi connectivity index (χ0) is 23.9. The Morgan fingerprint density at radius 3 is 2.30 bits per heavy atom. The highest BCUT2D eigenvalue weighted by molar-refractivity contribution is 7.94. The van der Waals surface area contributed by atoms with Gasteiger partial charge in [-0.1, -0.05) is 62.4 Å². The summed E-state index contributed by atoms with van der Waals surface area (Å²) >= 11 is 0. The van der Waals surface area contributed by atoms with E-state index in [-0.39, 0.29) is 0 Å². The summed E-state index contributed by atoms with van der Waals surface area (Å²) in [4.78, 5) is 0.383. The summed E-state index contributed by atoms with van der Waals surface area (Å²) in [6.07, 6.45) is 9.51. The number of benzene rings is 2. The van der Waals surface area contributed by atoms with Gasteiger partial charge in [-0.2, -0.15) is 0 Å². The summed E-state index contributed by atoms with van der Waals surface area (Å²) in [7, 11) is -3.31. The van der Waals surface area contributed by atoms with Gasteiger partial charge in [0.25, 0.3) is 0 Å². The lowest BCUT2D eigenvalue weighted by molar-refractivity contribution is 0.206. The molecule has 0 radical (unpaired) electrons. The van der Waals surface area contributed by atoms with Crippen LogP contribution in [0, 0.1) is 5.41 Å². The van der Waals surface area contributed by atoms with Gasteiger partial charge in [0.2, 0.25) is 0 Å². The van der Waals surface area contributed by atoms with Gasteiger partial charge < -0.3 is 15.2 Å². The minimum atomic E-state index is -3.31. The lowest BCUT2D eigenvalue weighted by Gasteiger charge is -2.35. The van der Waals surface area contributed by atoms with Crippen molar-refractivity contribution in [1.82, 2.24) is 0 Å². The van der Waals surface area contributed by atoms with E-state index in [0.29, 0.717) is 29.4 Å². The first-order valence-corrected chi connectivity index (χ1v) is 13.0. The van der Waals surface area contributed by atoms with Crippen LogP contribution < -0.4 is 5.73 Å². The Bertz CT molecular complexity index is 1140. The first kappa shape index (κ1) is 24.6. The Balaban J connectivity index is 0.000000442. The largest absolute Gasteiger partial charge is 0.502 e.